The quantitative estimate of drug-likeness (QED) is 0.580. The summed E-state index contributed by atoms with van der Waals surface area (Å²) < 4.78 is 0. The summed E-state index contributed by atoms with van der Waals surface area (Å²) in [6, 6.07) is -0.443. The van der Waals surface area contributed by atoms with Gasteiger partial charge in [0, 0.05) is 6.54 Å². The third kappa shape index (κ3) is 18.9. The highest BCUT2D eigenvalue weighted by Gasteiger charge is 1.83. The van der Waals surface area contributed by atoms with Crippen LogP contribution < -0.4 is 11.1 Å². The molecule has 0 spiro atoms. The Hall–Kier alpha value is -0.730. The topological polar surface area (TPSA) is 55.1 Å². The number of amides is 2. The van der Waals surface area contributed by atoms with Gasteiger partial charge in [-0.15, -0.1) is 0 Å². The van der Waals surface area contributed by atoms with E-state index in [9.17, 15) is 4.79 Å². The monoisotopic (exact) mass is 132 g/mol. The molecule has 0 atom stereocenters. The fourth-order valence-electron chi connectivity index (χ4n) is 0.248. The summed E-state index contributed by atoms with van der Waals surface area (Å²) in [6.45, 7) is 6.64. The van der Waals surface area contributed by atoms with Crippen molar-refractivity contribution >= 4 is 6.03 Å². The Morgan fingerprint density at radius 1 is 1.56 bits per heavy atom. The highest BCUT2D eigenvalue weighted by atomic mass is 16.2. The normalized spacial score (nSPS) is 7.00. The molecule has 0 aliphatic rings. The summed E-state index contributed by atoms with van der Waals surface area (Å²) >= 11 is 0. The van der Waals surface area contributed by atoms with Gasteiger partial charge >= 0.3 is 6.03 Å². The molecular formula is C6H16N2O. The molecule has 2 amide bonds. The van der Waals surface area contributed by atoms with Crippen molar-refractivity contribution in [3.63, 3.8) is 0 Å². The maximum Gasteiger partial charge on any atom is 0.312 e. The summed E-state index contributed by atoms with van der Waals surface area (Å²) in [6.07, 6.45) is 0.933. The van der Waals surface area contributed by atoms with Crippen molar-refractivity contribution in [1.82, 2.24) is 5.32 Å². The van der Waals surface area contributed by atoms with Gasteiger partial charge in [-0.05, 0) is 6.42 Å². The summed E-state index contributed by atoms with van der Waals surface area (Å²) in [5.74, 6) is 0. The Kier molecular flexibility index (Phi) is 12.7. The zero-order chi connectivity index (χ0) is 7.70. The summed E-state index contributed by atoms with van der Waals surface area (Å²) in [7, 11) is 0. The van der Waals surface area contributed by atoms with Crippen LogP contribution in [0.2, 0.25) is 0 Å². The van der Waals surface area contributed by atoms with Crippen molar-refractivity contribution in [2.75, 3.05) is 6.54 Å². The van der Waals surface area contributed by atoms with E-state index in [1.807, 2.05) is 20.8 Å². The van der Waals surface area contributed by atoms with E-state index < -0.39 is 6.03 Å². The molecule has 3 heteroatoms. The van der Waals surface area contributed by atoms with E-state index in [0.29, 0.717) is 6.54 Å². The molecule has 0 heterocycles. The highest BCUT2D eigenvalue weighted by Crippen LogP contribution is 1.66. The number of primary amides is 1. The number of nitrogens with two attached hydrogens (primary N) is 1. The van der Waals surface area contributed by atoms with Crippen LogP contribution in [0, 0.1) is 0 Å². The maximum absolute atomic E-state index is 9.87. The van der Waals surface area contributed by atoms with Gasteiger partial charge in [-0.2, -0.15) is 0 Å². The van der Waals surface area contributed by atoms with Crippen LogP contribution in [0.1, 0.15) is 27.2 Å². The smallest absolute Gasteiger partial charge is 0.312 e. The molecule has 3 nitrogen and oxygen atoms in total. The maximum atomic E-state index is 9.87. The number of rotatable bonds is 2. The number of hydrogen-bond acceptors (Lipinski definition) is 1. The molecule has 0 saturated carbocycles. The van der Waals surface area contributed by atoms with Crippen molar-refractivity contribution in [3.8, 4) is 0 Å². The first-order valence-electron chi connectivity index (χ1n) is 3.30. The van der Waals surface area contributed by atoms with Gasteiger partial charge < -0.3 is 11.1 Å². The Morgan fingerprint density at radius 2 is 2.00 bits per heavy atom. The predicted octanol–water partition coefficient (Wildman–Crippen LogP) is 1.09. The average Bonchev–Trinajstić information content (AvgIpc) is 1.88. The fourth-order valence-corrected chi connectivity index (χ4v) is 0.248. The molecule has 0 rings (SSSR count). The molecule has 3 N–H and O–H groups in total. The van der Waals surface area contributed by atoms with Gasteiger partial charge in [0.25, 0.3) is 0 Å². The van der Waals surface area contributed by atoms with Gasteiger partial charge in [-0.1, -0.05) is 20.8 Å². The Bertz CT molecular complexity index is 64.1. The molecule has 0 aromatic carbocycles. The Morgan fingerprint density at radius 3 is 2.11 bits per heavy atom. The molecule has 0 aliphatic heterocycles. The molecular weight excluding hydrogens is 116 g/mol. The number of hydrogen-bond donors (Lipinski definition) is 2. The SMILES string of the molecule is CC.CCCNC(N)=O. The first-order chi connectivity index (χ1) is 4.27. The van der Waals surface area contributed by atoms with Crippen LogP contribution >= 0.6 is 0 Å². The standard InChI is InChI=1S/C4H10N2O.C2H6/c1-2-3-6-4(5)7;1-2/h2-3H2,1H3,(H3,5,6,7);1-2H3. The minimum Gasteiger partial charge on any atom is -0.352 e. The van der Waals surface area contributed by atoms with Gasteiger partial charge in [0.15, 0.2) is 0 Å². The molecule has 0 bridgehead atoms. The molecule has 0 aromatic heterocycles. The van der Waals surface area contributed by atoms with E-state index in [4.69, 9.17) is 5.73 Å². The Labute approximate surface area is 56.6 Å². The molecule has 0 radical (unpaired) electrons. The molecule has 0 saturated heterocycles. The third-order valence-electron chi connectivity index (χ3n) is 0.549. The lowest BCUT2D eigenvalue weighted by Crippen LogP contribution is -2.29. The molecule has 0 fully saturated rings. The van der Waals surface area contributed by atoms with E-state index in [-0.39, 0.29) is 0 Å². The average molecular weight is 132 g/mol. The summed E-state index contributed by atoms with van der Waals surface area (Å²) in [5.41, 5.74) is 4.73. The number of nitrogens with one attached hydrogen (secondary N) is 1. The lowest BCUT2D eigenvalue weighted by molar-refractivity contribution is 0.249. The van der Waals surface area contributed by atoms with Crippen molar-refractivity contribution in [2.24, 2.45) is 5.73 Å². The second-order valence-corrected chi connectivity index (χ2v) is 1.29. The van der Waals surface area contributed by atoms with Crippen LogP contribution in [0.3, 0.4) is 0 Å². The van der Waals surface area contributed by atoms with Crippen molar-refractivity contribution in [1.29, 1.82) is 0 Å². The number of urea groups is 1. The minimum atomic E-state index is -0.443. The fraction of sp³-hybridized carbons (Fsp3) is 0.833. The molecule has 0 aromatic rings. The molecule has 56 valence electrons. The van der Waals surface area contributed by atoms with Crippen LogP contribution in [0.25, 0.3) is 0 Å². The zero-order valence-corrected chi connectivity index (χ0v) is 6.40. The van der Waals surface area contributed by atoms with Crippen molar-refractivity contribution < 1.29 is 4.79 Å². The van der Waals surface area contributed by atoms with Crippen molar-refractivity contribution in [2.45, 2.75) is 27.2 Å². The molecule has 0 unspecified atom stereocenters. The lowest BCUT2D eigenvalue weighted by atomic mass is 10.5. The largest absolute Gasteiger partial charge is 0.352 e. The first kappa shape index (κ1) is 11.1. The second-order valence-electron chi connectivity index (χ2n) is 1.29. The van der Waals surface area contributed by atoms with Crippen LogP contribution in [-0.2, 0) is 0 Å². The van der Waals surface area contributed by atoms with Gasteiger partial charge in [-0.3, -0.25) is 0 Å². The van der Waals surface area contributed by atoms with Crippen LogP contribution in [-0.4, -0.2) is 12.6 Å². The van der Waals surface area contributed by atoms with Gasteiger partial charge in [0.2, 0.25) is 0 Å². The molecule has 0 aliphatic carbocycles. The first-order valence-corrected chi connectivity index (χ1v) is 3.30. The zero-order valence-electron chi connectivity index (χ0n) is 6.40. The lowest BCUT2D eigenvalue weighted by Gasteiger charge is -1.93. The van der Waals surface area contributed by atoms with Crippen LogP contribution in [0.5, 0.6) is 0 Å². The van der Waals surface area contributed by atoms with Gasteiger partial charge in [0.05, 0.1) is 0 Å². The van der Waals surface area contributed by atoms with E-state index in [1.165, 1.54) is 0 Å². The van der Waals surface area contributed by atoms with Gasteiger partial charge in [-0.25, -0.2) is 4.79 Å². The second kappa shape index (κ2) is 10.3. The van der Waals surface area contributed by atoms with Gasteiger partial charge in [0.1, 0.15) is 0 Å². The number of carbonyl (C=O) groups excluding carboxylic acids is 1. The highest BCUT2D eigenvalue weighted by molar-refractivity contribution is 5.71. The predicted molar refractivity (Wildman–Crippen MR) is 39.2 cm³/mol. The van der Waals surface area contributed by atoms with Crippen molar-refractivity contribution in [3.05, 3.63) is 0 Å². The van der Waals surface area contributed by atoms with E-state index >= 15 is 0 Å². The summed E-state index contributed by atoms with van der Waals surface area (Å²) in [4.78, 5) is 9.87. The minimum absolute atomic E-state index is 0.443. The van der Waals surface area contributed by atoms with E-state index in [2.05, 4.69) is 5.32 Å². The number of carbonyl (C=O) groups is 1. The summed E-state index contributed by atoms with van der Waals surface area (Å²) in [5, 5.41) is 2.43. The van der Waals surface area contributed by atoms with Crippen LogP contribution in [0.15, 0.2) is 0 Å². The van der Waals surface area contributed by atoms with Crippen LogP contribution in [0.4, 0.5) is 4.79 Å². The van der Waals surface area contributed by atoms with E-state index in [1.54, 1.807) is 0 Å². The third-order valence-corrected chi connectivity index (χ3v) is 0.549. The molecule has 9 heavy (non-hydrogen) atoms. The Balaban J connectivity index is 0. The van der Waals surface area contributed by atoms with E-state index in [0.717, 1.165) is 6.42 Å².